The SMILES string of the molecule is O=C(O)C1CCCCC1C(=O)Nc1ccc2ccccc2c1O. The molecule has 1 fully saturated rings. The highest BCUT2D eigenvalue weighted by Crippen LogP contribution is 2.35. The van der Waals surface area contributed by atoms with Gasteiger partial charge in [0.25, 0.3) is 0 Å². The smallest absolute Gasteiger partial charge is 0.307 e. The number of amides is 1. The van der Waals surface area contributed by atoms with Gasteiger partial charge in [0.15, 0.2) is 0 Å². The molecule has 0 spiro atoms. The summed E-state index contributed by atoms with van der Waals surface area (Å²) in [5, 5.41) is 23.9. The van der Waals surface area contributed by atoms with Crippen LogP contribution in [-0.4, -0.2) is 22.1 Å². The Morgan fingerprint density at radius 3 is 2.43 bits per heavy atom. The minimum atomic E-state index is -0.924. The van der Waals surface area contributed by atoms with Crippen LogP contribution in [0.3, 0.4) is 0 Å². The molecule has 2 aromatic carbocycles. The van der Waals surface area contributed by atoms with Crippen LogP contribution in [0.2, 0.25) is 0 Å². The lowest BCUT2D eigenvalue weighted by Gasteiger charge is -2.27. The Bertz CT molecular complexity index is 756. The van der Waals surface area contributed by atoms with Gasteiger partial charge in [-0.05, 0) is 24.3 Å². The molecule has 5 nitrogen and oxygen atoms in total. The van der Waals surface area contributed by atoms with Crippen molar-refractivity contribution in [1.29, 1.82) is 0 Å². The molecule has 0 heterocycles. The number of anilines is 1. The summed E-state index contributed by atoms with van der Waals surface area (Å²) in [6.07, 6.45) is 2.78. The van der Waals surface area contributed by atoms with E-state index in [0.29, 0.717) is 23.9 Å². The van der Waals surface area contributed by atoms with Gasteiger partial charge in [0, 0.05) is 5.39 Å². The highest BCUT2D eigenvalue weighted by Gasteiger charge is 2.35. The zero-order valence-electron chi connectivity index (χ0n) is 12.7. The third kappa shape index (κ3) is 2.99. The predicted octanol–water partition coefficient (Wildman–Crippen LogP) is 3.37. The van der Waals surface area contributed by atoms with E-state index < -0.39 is 17.8 Å². The Balaban J connectivity index is 1.85. The first-order valence-corrected chi connectivity index (χ1v) is 7.82. The molecule has 3 N–H and O–H groups in total. The van der Waals surface area contributed by atoms with E-state index in [-0.39, 0.29) is 11.7 Å². The molecule has 1 aliphatic rings. The second-order valence-electron chi connectivity index (χ2n) is 6.01. The number of phenolic OH excluding ortho intramolecular Hbond substituents is 1. The van der Waals surface area contributed by atoms with Crippen molar-refractivity contribution < 1.29 is 19.8 Å². The number of nitrogens with one attached hydrogen (secondary N) is 1. The van der Waals surface area contributed by atoms with Gasteiger partial charge in [-0.2, -0.15) is 0 Å². The maximum absolute atomic E-state index is 12.5. The van der Waals surface area contributed by atoms with Crippen LogP contribution in [0.1, 0.15) is 25.7 Å². The van der Waals surface area contributed by atoms with Gasteiger partial charge in [-0.3, -0.25) is 9.59 Å². The molecular weight excluding hydrogens is 294 g/mol. The molecule has 2 unspecified atom stereocenters. The fourth-order valence-electron chi connectivity index (χ4n) is 3.32. The van der Waals surface area contributed by atoms with E-state index in [0.717, 1.165) is 18.2 Å². The highest BCUT2D eigenvalue weighted by molar-refractivity contribution is 6.01. The number of rotatable bonds is 3. The average molecular weight is 313 g/mol. The largest absolute Gasteiger partial charge is 0.505 e. The average Bonchev–Trinajstić information content (AvgIpc) is 2.57. The molecule has 1 aliphatic carbocycles. The van der Waals surface area contributed by atoms with Gasteiger partial charge in [0.05, 0.1) is 17.5 Å². The summed E-state index contributed by atoms with van der Waals surface area (Å²) in [7, 11) is 0. The van der Waals surface area contributed by atoms with Crippen molar-refractivity contribution in [2.75, 3.05) is 5.32 Å². The van der Waals surface area contributed by atoms with Crippen LogP contribution < -0.4 is 5.32 Å². The third-order valence-electron chi connectivity index (χ3n) is 4.58. The summed E-state index contributed by atoms with van der Waals surface area (Å²) in [5.74, 6) is -2.44. The number of hydrogen-bond donors (Lipinski definition) is 3. The molecule has 1 saturated carbocycles. The molecule has 3 rings (SSSR count). The normalized spacial score (nSPS) is 21.0. The van der Waals surface area contributed by atoms with Crippen molar-refractivity contribution in [1.82, 2.24) is 0 Å². The number of aromatic hydroxyl groups is 1. The Morgan fingerprint density at radius 1 is 1.00 bits per heavy atom. The maximum atomic E-state index is 12.5. The standard InChI is InChI=1S/C18H19NO4/c20-16-12-6-2-1-5-11(12)9-10-15(16)19-17(21)13-7-3-4-8-14(13)18(22)23/h1-2,5-6,9-10,13-14,20H,3-4,7-8H2,(H,19,21)(H,22,23). The molecule has 0 saturated heterocycles. The molecule has 120 valence electrons. The number of aliphatic carboxylic acids is 1. The van der Waals surface area contributed by atoms with Gasteiger partial charge in [0.1, 0.15) is 5.75 Å². The van der Waals surface area contributed by atoms with E-state index in [1.807, 2.05) is 24.3 Å². The van der Waals surface area contributed by atoms with Gasteiger partial charge in [0.2, 0.25) is 5.91 Å². The number of carboxylic acids is 1. The lowest BCUT2D eigenvalue weighted by atomic mass is 9.78. The second kappa shape index (κ2) is 6.28. The van der Waals surface area contributed by atoms with Gasteiger partial charge in [-0.15, -0.1) is 0 Å². The zero-order chi connectivity index (χ0) is 16.4. The lowest BCUT2D eigenvalue weighted by Crippen LogP contribution is -2.36. The number of benzene rings is 2. The number of hydrogen-bond acceptors (Lipinski definition) is 3. The van der Waals surface area contributed by atoms with E-state index >= 15 is 0 Å². The van der Waals surface area contributed by atoms with Gasteiger partial charge < -0.3 is 15.5 Å². The number of carbonyl (C=O) groups is 2. The van der Waals surface area contributed by atoms with E-state index in [1.165, 1.54) is 0 Å². The van der Waals surface area contributed by atoms with Gasteiger partial charge in [-0.25, -0.2) is 0 Å². The molecule has 0 aliphatic heterocycles. The lowest BCUT2D eigenvalue weighted by molar-refractivity contribution is -0.147. The van der Waals surface area contributed by atoms with Crippen LogP contribution in [0.5, 0.6) is 5.75 Å². The van der Waals surface area contributed by atoms with Crippen molar-refractivity contribution in [2.45, 2.75) is 25.7 Å². The topological polar surface area (TPSA) is 86.6 Å². The molecule has 5 heteroatoms. The summed E-state index contributed by atoms with van der Waals surface area (Å²) >= 11 is 0. The van der Waals surface area contributed by atoms with Crippen LogP contribution in [0, 0.1) is 11.8 Å². The van der Waals surface area contributed by atoms with Crippen molar-refractivity contribution in [2.24, 2.45) is 11.8 Å². The number of phenols is 1. The van der Waals surface area contributed by atoms with Crippen molar-refractivity contribution >= 4 is 28.3 Å². The summed E-state index contributed by atoms with van der Waals surface area (Å²) in [6.45, 7) is 0. The van der Waals surface area contributed by atoms with Crippen molar-refractivity contribution in [3.8, 4) is 5.75 Å². The predicted molar refractivity (Wildman–Crippen MR) is 87.3 cm³/mol. The Morgan fingerprint density at radius 2 is 1.70 bits per heavy atom. The van der Waals surface area contributed by atoms with Crippen LogP contribution in [0.4, 0.5) is 5.69 Å². The summed E-state index contributed by atoms with van der Waals surface area (Å²) < 4.78 is 0. The van der Waals surface area contributed by atoms with E-state index in [4.69, 9.17) is 0 Å². The van der Waals surface area contributed by atoms with Crippen molar-refractivity contribution in [3.63, 3.8) is 0 Å². The maximum Gasteiger partial charge on any atom is 0.307 e. The monoisotopic (exact) mass is 313 g/mol. The molecule has 0 radical (unpaired) electrons. The van der Waals surface area contributed by atoms with Crippen LogP contribution in [-0.2, 0) is 9.59 Å². The first-order chi connectivity index (χ1) is 11.1. The van der Waals surface area contributed by atoms with Crippen LogP contribution >= 0.6 is 0 Å². The third-order valence-corrected chi connectivity index (χ3v) is 4.58. The number of carboxylic acid groups (broad SMARTS) is 1. The summed E-state index contributed by atoms with van der Waals surface area (Å²) in [4.78, 5) is 23.8. The fourth-order valence-corrected chi connectivity index (χ4v) is 3.32. The molecular formula is C18H19NO4. The quantitative estimate of drug-likeness (QED) is 0.758. The first kappa shape index (κ1) is 15.3. The molecule has 0 aromatic heterocycles. The highest BCUT2D eigenvalue weighted by atomic mass is 16.4. The Kier molecular flexibility index (Phi) is 4.19. The van der Waals surface area contributed by atoms with Gasteiger partial charge >= 0.3 is 5.97 Å². The molecule has 0 bridgehead atoms. The van der Waals surface area contributed by atoms with Crippen LogP contribution in [0.25, 0.3) is 10.8 Å². The first-order valence-electron chi connectivity index (χ1n) is 7.82. The Hall–Kier alpha value is -2.56. The molecule has 2 atom stereocenters. The number of fused-ring (bicyclic) bond motifs is 1. The Labute approximate surface area is 133 Å². The second-order valence-corrected chi connectivity index (χ2v) is 6.01. The fraction of sp³-hybridized carbons (Fsp3) is 0.333. The molecule has 23 heavy (non-hydrogen) atoms. The van der Waals surface area contributed by atoms with Crippen LogP contribution in [0.15, 0.2) is 36.4 Å². The molecule has 1 amide bonds. The van der Waals surface area contributed by atoms with E-state index in [1.54, 1.807) is 12.1 Å². The van der Waals surface area contributed by atoms with Gasteiger partial charge in [-0.1, -0.05) is 43.2 Å². The summed E-state index contributed by atoms with van der Waals surface area (Å²) in [6, 6.07) is 10.8. The van der Waals surface area contributed by atoms with E-state index in [2.05, 4.69) is 5.32 Å². The minimum absolute atomic E-state index is 0.0131. The number of carbonyl (C=O) groups excluding carboxylic acids is 1. The van der Waals surface area contributed by atoms with E-state index in [9.17, 15) is 19.8 Å². The minimum Gasteiger partial charge on any atom is -0.505 e. The summed E-state index contributed by atoms with van der Waals surface area (Å²) in [5.41, 5.74) is 0.323. The molecule has 2 aromatic rings. The van der Waals surface area contributed by atoms with Crippen molar-refractivity contribution in [3.05, 3.63) is 36.4 Å². The zero-order valence-corrected chi connectivity index (χ0v) is 12.7.